The summed E-state index contributed by atoms with van der Waals surface area (Å²) in [6.45, 7) is 6.74. The SMILES string of the molecule is CCN(CC)CCN1C(=O)C(O)=C(C(=O)/C=C/c2ccccc2)[C@@H]1c1ccc(OC)cc1OC. The van der Waals surface area contributed by atoms with E-state index in [1.54, 1.807) is 36.3 Å². The van der Waals surface area contributed by atoms with Gasteiger partial charge in [0.05, 0.1) is 25.8 Å². The van der Waals surface area contributed by atoms with E-state index in [1.807, 2.05) is 30.3 Å². The molecule has 7 nitrogen and oxygen atoms in total. The molecule has 2 aromatic rings. The van der Waals surface area contributed by atoms with Crippen LogP contribution in [0.15, 0.2) is 65.9 Å². The van der Waals surface area contributed by atoms with Gasteiger partial charge in [0.1, 0.15) is 11.5 Å². The fourth-order valence-electron chi connectivity index (χ4n) is 4.12. The molecule has 0 saturated heterocycles. The number of aliphatic hydroxyl groups excluding tert-OH is 1. The maximum absolute atomic E-state index is 13.3. The van der Waals surface area contributed by atoms with Crippen LogP contribution in [-0.2, 0) is 9.59 Å². The van der Waals surface area contributed by atoms with Gasteiger partial charge in [-0.3, -0.25) is 9.59 Å². The van der Waals surface area contributed by atoms with Gasteiger partial charge in [0.2, 0.25) is 0 Å². The molecule has 1 amide bonds. The smallest absolute Gasteiger partial charge is 0.290 e. The Morgan fingerprint density at radius 1 is 1.09 bits per heavy atom. The number of benzene rings is 2. The highest BCUT2D eigenvalue weighted by Crippen LogP contribution is 2.42. The third-order valence-corrected chi connectivity index (χ3v) is 6.08. The molecule has 3 rings (SSSR count). The minimum absolute atomic E-state index is 0.0418. The Bertz CT molecular complexity index is 1070. The van der Waals surface area contributed by atoms with Crippen molar-refractivity contribution in [2.75, 3.05) is 40.4 Å². The Hall–Kier alpha value is -3.58. The lowest BCUT2D eigenvalue weighted by Gasteiger charge is -2.30. The standard InChI is InChI=1S/C27H32N2O5/c1-5-28(6-2)16-17-29-25(21-14-13-20(33-3)18-23(21)34-4)24(26(31)27(29)32)22(30)15-12-19-10-8-7-9-11-19/h7-15,18,25,31H,5-6,16-17H2,1-4H3/b15-12+/t25-/m0/s1. The van der Waals surface area contributed by atoms with Gasteiger partial charge in [-0.05, 0) is 36.9 Å². The first-order valence-electron chi connectivity index (χ1n) is 11.4. The normalized spacial score (nSPS) is 16.1. The molecule has 1 aliphatic heterocycles. The zero-order valence-electron chi connectivity index (χ0n) is 20.2. The molecule has 0 radical (unpaired) electrons. The van der Waals surface area contributed by atoms with Gasteiger partial charge >= 0.3 is 0 Å². The molecule has 7 heteroatoms. The molecule has 2 aromatic carbocycles. The predicted molar refractivity (Wildman–Crippen MR) is 132 cm³/mol. The second-order valence-corrected chi connectivity index (χ2v) is 7.91. The molecule has 0 spiro atoms. The molecule has 0 unspecified atom stereocenters. The van der Waals surface area contributed by atoms with Crippen LogP contribution in [0, 0.1) is 0 Å². The van der Waals surface area contributed by atoms with Gasteiger partial charge in [0, 0.05) is 24.7 Å². The highest BCUT2D eigenvalue weighted by molar-refractivity contribution is 6.14. The molecular weight excluding hydrogens is 432 g/mol. The van der Waals surface area contributed by atoms with Gasteiger partial charge in [-0.1, -0.05) is 50.3 Å². The number of methoxy groups -OCH3 is 2. The number of carbonyl (C=O) groups is 2. The number of carbonyl (C=O) groups excluding carboxylic acids is 2. The van der Waals surface area contributed by atoms with Gasteiger partial charge in [0.15, 0.2) is 11.5 Å². The van der Waals surface area contributed by atoms with E-state index in [-0.39, 0.29) is 5.57 Å². The zero-order chi connectivity index (χ0) is 24.7. The predicted octanol–water partition coefficient (Wildman–Crippen LogP) is 4.02. The third-order valence-electron chi connectivity index (χ3n) is 6.08. The molecule has 1 N–H and O–H groups in total. The van der Waals surface area contributed by atoms with Crippen molar-refractivity contribution in [3.8, 4) is 11.5 Å². The quantitative estimate of drug-likeness (QED) is 0.506. The van der Waals surface area contributed by atoms with Gasteiger partial charge < -0.3 is 24.4 Å². The summed E-state index contributed by atoms with van der Waals surface area (Å²) in [6, 6.07) is 13.8. The first kappa shape index (κ1) is 25.1. The van der Waals surface area contributed by atoms with Gasteiger partial charge in [-0.2, -0.15) is 0 Å². The summed E-state index contributed by atoms with van der Waals surface area (Å²) >= 11 is 0. The second-order valence-electron chi connectivity index (χ2n) is 7.91. The van der Waals surface area contributed by atoms with E-state index in [0.717, 1.165) is 18.7 Å². The first-order chi connectivity index (χ1) is 16.4. The fourth-order valence-corrected chi connectivity index (χ4v) is 4.12. The summed E-state index contributed by atoms with van der Waals surface area (Å²) in [5.74, 6) is -0.457. The van der Waals surface area contributed by atoms with E-state index in [1.165, 1.54) is 13.2 Å². The van der Waals surface area contributed by atoms with Crippen LogP contribution < -0.4 is 9.47 Å². The molecule has 1 heterocycles. The fraction of sp³-hybridized carbons (Fsp3) is 0.333. The molecule has 0 saturated carbocycles. The van der Waals surface area contributed by atoms with Crippen molar-refractivity contribution in [2.24, 2.45) is 0 Å². The Labute approximate surface area is 200 Å². The number of aliphatic hydroxyl groups is 1. The number of ether oxygens (including phenoxy) is 2. The lowest BCUT2D eigenvalue weighted by atomic mass is 9.94. The topological polar surface area (TPSA) is 79.3 Å². The zero-order valence-corrected chi connectivity index (χ0v) is 20.2. The minimum Gasteiger partial charge on any atom is -0.503 e. The Morgan fingerprint density at radius 3 is 2.41 bits per heavy atom. The highest BCUT2D eigenvalue weighted by Gasteiger charge is 2.44. The Kier molecular flexibility index (Phi) is 8.49. The van der Waals surface area contributed by atoms with E-state index < -0.39 is 23.5 Å². The third kappa shape index (κ3) is 5.31. The molecule has 0 bridgehead atoms. The second kappa shape index (κ2) is 11.5. The summed E-state index contributed by atoms with van der Waals surface area (Å²) in [6.07, 6.45) is 3.07. The van der Waals surface area contributed by atoms with Crippen molar-refractivity contribution in [3.63, 3.8) is 0 Å². The molecule has 0 fully saturated rings. The number of ketones is 1. The Balaban J connectivity index is 2.03. The number of rotatable bonds is 11. The van der Waals surface area contributed by atoms with E-state index >= 15 is 0 Å². The van der Waals surface area contributed by atoms with E-state index in [0.29, 0.717) is 30.2 Å². The van der Waals surface area contributed by atoms with Crippen LogP contribution in [0.25, 0.3) is 6.08 Å². The molecular formula is C27H32N2O5. The summed E-state index contributed by atoms with van der Waals surface area (Å²) in [5, 5.41) is 10.8. The maximum atomic E-state index is 13.3. The monoisotopic (exact) mass is 464 g/mol. The molecule has 0 aromatic heterocycles. The molecule has 1 aliphatic rings. The number of nitrogens with zero attached hydrogens (tertiary/aromatic N) is 2. The van der Waals surface area contributed by atoms with Crippen molar-refractivity contribution in [2.45, 2.75) is 19.9 Å². The molecule has 0 aliphatic carbocycles. The summed E-state index contributed by atoms with van der Waals surface area (Å²) < 4.78 is 10.9. The van der Waals surface area contributed by atoms with Crippen molar-refractivity contribution in [3.05, 3.63) is 77.1 Å². The van der Waals surface area contributed by atoms with Gasteiger partial charge in [-0.15, -0.1) is 0 Å². The van der Waals surface area contributed by atoms with Crippen molar-refractivity contribution < 1.29 is 24.2 Å². The van der Waals surface area contributed by atoms with Gasteiger partial charge in [0.25, 0.3) is 5.91 Å². The van der Waals surface area contributed by atoms with Gasteiger partial charge in [-0.25, -0.2) is 0 Å². The van der Waals surface area contributed by atoms with Crippen molar-refractivity contribution in [1.29, 1.82) is 0 Å². The summed E-state index contributed by atoms with van der Waals surface area (Å²) in [4.78, 5) is 30.2. The average molecular weight is 465 g/mol. The molecule has 1 atom stereocenters. The lowest BCUT2D eigenvalue weighted by molar-refractivity contribution is -0.129. The van der Waals surface area contributed by atoms with Crippen LogP contribution in [-0.4, -0.2) is 67.0 Å². The van der Waals surface area contributed by atoms with Crippen molar-refractivity contribution >= 4 is 17.8 Å². The average Bonchev–Trinajstić information content (AvgIpc) is 3.13. The first-order valence-corrected chi connectivity index (χ1v) is 11.4. The maximum Gasteiger partial charge on any atom is 0.290 e. The number of allylic oxidation sites excluding steroid dienone is 1. The van der Waals surface area contributed by atoms with Crippen LogP contribution in [0.5, 0.6) is 11.5 Å². The van der Waals surface area contributed by atoms with Crippen LogP contribution in [0.2, 0.25) is 0 Å². The lowest BCUT2D eigenvalue weighted by Crippen LogP contribution is -2.38. The molecule has 180 valence electrons. The highest BCUT2D eigenvalue weighted by atomic mass is 16.5. The number of likely N-dealkylation sites (N-methyl/N-ethyl adjacent to an activating group) is 1. The largest absolute Gasteiger partial charge is 0.503 e. The van der Waals surface area contributed by atoms with Crippen LogP contribution in [0.3, 0.4) is 0 Å². The number of amides is 1. The van der Waals surface area contributed by atoms with Crippen LogP contribution in [0.4, 0.5) is 0 Å². The van der Waals surface area contributed by atoms with E-state index in [2.05, 4.69) is 18.7 Å². The number of hydrogen-bond donors (Lipinski definition) is 1. The van der Waals surface area contributed by atoms with Crippen LogP contribution in [0.1, 0.15) is 31.0 Å². The van der Waals surface area contributed by atoms with Crippen LogP contribution >= 0.6 is 0 Å². The Morgan fingerprint density at radius 2 is 1.79 bits per heavy atom. The van der Waals surface area contributed by atoms with E-state index in [4.69, 9.17) is 9.47 Å². The molecule has 34 heavy (non-hydrogen) atoms. The summed E-state index contributed by atoms with van der Waals surface area (Å²) in [7, 11) is 3.08. The summed E-state index contributed by atoms with van der Waals surface area (Å²) in [5.41, 5.74) is 1.49. The number of hydrogen-bond acceptors (Lipinski definition) is 6. The van der Waals surface area contributed by atoms with Crippen molar-refractivity contribution in [1.82, 2.24) is 9.80 Å². The minimum atomic E-state index is -0.781. The van der Waals surface area contributed by atoms with E-state index in [9.17, 15) is 14.7 Å².